The van der Waals surface area contributed by atoms with Crippen molar-refractivity contribution in [1.82, 2.24) is 0 Å². The molecule has 0 spiro atoms. The van der Waals surface area contributed by atoms with Crippen molar-refractivity contribution in [2.45, 2.75) is 78.6 Å². The molecule has 124 valence electrons. The number of hydrogen-bond donors (Lipinski definition) is 0. The van der Waals surface area contributed by atoms with Crippen LogP contribution in [0.1, 0.15) is 66.7 Å². The molecule has 0 aromatic rings. The number of hydrogen-bond acceptors (Lipinski definition) is 4. The predicted molar refractivity (Wildman–Crippen MR) is 85.1 cm³/mol. The Labute approximate surface area is 129 Å². The first-order valence-electron chi connectivity index (χ1n) is 8.03. The minimum Gasteiger partial charge on any atom is -0.451 e. The molecule has 0 rings (SSSR count). The van der Waals surface area contributed by atoms with Crippen molar-refractivity contribution in [1.29, 1.82) is 0 Å². The lowest BCUT2D eigenvalue weighted by Gasteiger charge is -2.36. The average molecular weight is 300 g/mol. The van der Waals surface area contributed by atoms with E-state index in [1.165, 1.54) is 0 Å². The zero-order valence-corrected chi connectivity index (χ0v) is 14.4. The van der Waals surface area contributed by atoms with E-state index >= 15 is 0 Å². The molecule has 21 heavy (non-hydrogen) atoms. The lowest BCUT2D eigenvalue weighted by atomic mass is 10.0. The van der Waals surface area contributed by atoms with E-state index in [2.05, 4.69) is 20.4 Å². The van der Waals surface area contributed by atoms with Gasteiger partial charge in [-0.1, -0.05) is 40.2 Å². The third kappa shape index (κ3) is 7.63. The molecule has 0 aliphatic heterocycles. The van der Waals surface area contributed by atoms with Gasteiger partial charge in [0.2, 0.25) is 0 Å². The van der Waals surface area contributed by atoms with E-state index in [1.807, 2.05) is 13.8 Å². The molecule has 1 atom stereocenters. The van der Waals surface area contributed by atoms with E-state index in [0.29, 0.717) is 25.2 Å². The Morgan fingerprint density at radius 2 is 1.57 bits per heavy atom. The highest BCUT2D eigenvalue weighted by molar-refractivity contribution is 5.87. The second kappa shape index (κ2) is 10.8. The maximum absolute atomic E-state index is 11.8. The van der Waals surface area contributed by atoms with E-state index in [-0.39, 0.29) is 0 Å². The van der Waals surface area contributed by atoms with Crippen LogP contribution in [0.15, 0.2) is 12.2 Å². The fourth-order valence-corrected chi connectivity index (χ4v) is 1.66. The third-order valence-corrected chi connectivity index (χ3v) is 3.41. The van der Waals surface area contributed by atoms with Crippen LogP contribution < -0.4 is 0 Å². The van der Waals surface area contributed by atoms with E-state index in [0.717, 1.165) is 25.7 Å². The summed E-state index contributed by atoms with van der Waals surface area (Å²) in [7, 11) is 0. The number of carbonyl (C=O) groups excluding carboxylic acids is 1. The van der Waals surface area contributed by atoms with Crippen molar-refractivity contribution < 1.29 is 19.0 Å². The van der Waals surface area contributed by atoms with Gasteiger partial charge in [-0.25, -0.2) is 4.79 Å². The highest BCUT2D eigenvalue weighted by Crippen LogP contribution is 2.25. The number of carbonyl (C=O) groups is 1. The quantitative estimate of drug-likeness (QED) is 0.234. The summed E-state index contributed by atoms with van der Waals surface area (Å²) in [4.78, 5) is 11.8. The fourth-order valence-electron chi connectivity index (χ4n) is 1.66. The molecule has 0 aliphatic carbocycles. The van der Waals surface area contributed by atoms with Crippen LogP contribution in [0.4, 0.5) is 0 Å². The van der Waals surface area contributed by atoms with E-state index in [1.54, 1.807) is 6.92 Å². The van der Waals surface area contributed by atoms with E-state index in [9.17, 15) is 4.79 Å². The van der Waals surface area contributed by atoms with Crippen LogP contribution in [0.25, 0.3) is 0 Å². The lowest BCUT2D eigenvalue weighted by molar-refractivity contribution is -0.244. The molecule has 0 N–H and O–H groups in total. The Morgan fingerprint density at radius 1 is 1.10 bits per heavy atom. The summed E-state index contributed by atoms with van der Waals surface area (Å²) >= 11 is 0. The monoisotopic (exact) mass is 300 g/mol. The van der Waals surface area contributed by atoms with Gasteiger partial charge in [0.05, 0.1) is 0 Å². The topological polar surface area (TPSA) is 44.8 Å². The van der Waals surface area contributed by atoms with Crippen molar-refractivity contribution in [2.75, 3.05) is 13.2 Å². The normalized spacial score (nSPS) is 14.0. The molecule has 0 radical (unpaired) electrons. The minimum absolute atomic E-state index is 0.385. The second-order valence-electron chi connectivity index (χ2n) is 5.62. The molecule has 0 amide bonds. The van der Waals surface area contributed by atoms with E-state index in [4.69, 9.17) is 14.2 Å². The van der Waals surface area contributed by atoms with Gasteiger partial charge in [-0.05, 0) is 33.1 Å². The van der Waals surface area contributed by atoms with Crippen molar-refractivity contribution in [3.05, 3.63) is 12.2 Å². The molecule has 4 heteroatoms. The van der Waals surface area contributed by atoms with Gasteiger partial charge >= 0.3 is 5.97 Å². The van der Waals surface area contributed by atoms with Crippen LogP contribution in [0.5, 0.6) is 0 Å². The molecule has 0 aliphatic rings. The van der Waals surface area contributed by atoms with Gasteiger partial charge in [0.15, 0.2) is 11.9 Å². The van der Waals surface area contributed by atoms with Crippen LogP contribution in [-0.2, 0) is 19.0 Å². The molecule has 0 aromatic heterocycles. The first kappa shape index (κ1) is 20.1. The molecule has 4 nitrogen and oxygen atoms in total. The van der Waals surface area contributed by atoms with Gasteiger partial charge in [-0.3, -0.25) is 0 Å². The van der Waals surface area contributed by atoms with Crippen molar-refractivity contribution >= 4 is 5.97 Å². The summed E-state index contributed by atoms with van der Waals surface area (Å²) < 4.78 is 17.3. The van der Waals surface area contributed by atoms with Crippen LogP contribution in [0, 0.1) is 0 Å². The molecule has 0 saturated heterocycles. The van der Waals surface area contributed by atoms with Gasteiger partial charge < -0.3 is 14.2 Å². The number of ether oxygens (including phenoxy) is 3. The molecule has 0 aromatic carbocycles. The van der Waals surface area contributed by atoms with Gasteiger partial charge in [0, 0.05) is 18.8 Å². The maximum atomic E-state index is 11.8. The standard InChI is InChI=1S/C17H32O4/c1-7-10-12-19-16(20-13-11-8-2)17(6,9-3)21-15(18)14(4)5/h16H,4,7-13H2,1-3,5-6H3. The molecule has 0 saturated carbocycles. The zero-order chi connectivity index (χ0) is 16.3. The second-order valence-corrected chi connectivity index (χ2v) is 5.62. The predicted octanol–water partition coefficient (Wildman–Crippen LogP) is 4.23. The SMILES string of the molecule is C=C(C)C(=O)OC(C)(CC)C(OCCCC)OCCCC. The maximum Gasteiger partial charge on any atom is 0.333 e. The van der Waals surface area contributed by atoms with Crippen LogP contribution >= 0.6 is 0 Å². The molecular weight excluding hydrogens is 268 g/mol. The van der Waals surface area contributed by atoms with E-state index < -0.39 is 17.9 Å². The Morgan fingerprint density at radius 3 is 1.90 bits per heavy atom. The van der Waals surface area contributed by atoms with Gasteiger partial charge in [0.1, 0.15) is 0 Å². The smallest absolute Gasteiger partial charge is 0.333 e. The molecule has 0 fully saturated rings. The Bertz CT molecular complexity index is 304. The molecule has 0 heterocycles. The molecular formula is C17H32O4. The van der Waals surface area contributed by atoms with Crippen LogP contribution in [0.3, 0.4) is 0 Å². The number of esters is 1. The number of rotatable bonds is 12. The van der Waals surface area contributed by atoms with Gasteiger partial charge in [-0.2, -0.15) is 0 Å². The lowest BCUT2D eigenvalue weighted by Crippen LogP contribution is -2.47. The summed E-state index contributed by atoms with van der Waals surface area (Å²) in [6.45, 7) is 14.5. The summed E-state index contributed by atoms with van der Waals surface area (Å²) in [5.41, 5.74) is -0.409. The highest BCUT2D eigenvalue weighted by atomic mass is 16.7. The van der Waals surface area contributed by atoms with Crippen molar-refractivity contribution in [3.8, 4) is 0 Å². The fraction of sp³-hybridized carbons (Fsp3) is 0.824. The van der Waals surface area contributed by atoms with Crippen LogP contribution in [-0.4, -0.2) is 31.1 Å². The average Bonchev–Trinajstić information content (AvgIpc) is 2.45. The van der Waals surface area contributed by atoms with Crippen LogP contribution in [0.2, 0.25) is 0 Å². The zero-order valence-electron chi connectivity index (χ0n) is 14.4. The summed E-state index contributed by atoms with van der Waals surface area (Å²) in [6, 6.07) is 0. The van der Waals surface area contributed by atoms with Crippen molar-refractivity contribution in [3.63, 3.8) is 0 Å². The van der Waals surface area contributed by atoms with Gasteiger partial charge in [0.25, 0.3) is 0 Å². The summed E-state index contributed by atoms with van der Waals surface area (Å²) in [5.74, 6) is -0.400. The number of unbranched alkanes of at least 4 members (excludes halogenated alkanes) is 2. The summed E-state index contributed by atoms with van der Waals surface area (Å²) in [5, 5.41) is 0. The molecule has 0 bridgehead atoms. The van der Waals surface area contributed by atoms with Crippen molar-refractivity contribution in [2.24, 2.45) is 0 Å². The first-order valence-corrected chi connectivity index (χ1v) is 8.03. The summed E-state index contributed by atoms with van der Waals surface area (Å²) in [6.07, 6.45) is 4.11. The highest BCUT2D eigenvalue weighted by Gasteiger charge is 2.38. The molecule has 1 unspecified atom stereocenters. The Hall–Kier alpha value is -0.870. The third-order valence-electron chi connectivity index (χ3n) is 3.41. The van der Waals surface area contributed by atoms with Gasteiger partial charge in [-0.15, -0.1) is 0 Å². The Kier molecular flexibility index (Phi) is 10.4. The largest absolute Gasteiger partial charge is 0.451 e. The first-order chi connectivity index (χ1) is 9.91. The Balaban J connectivity index is 4.82. The minimum atomic E-state index is -0.794.